The topological polar surface area (TPSA) is 158 Å². The van der Waals surface area contributed by atoms with Crippen molar-refractivity contribution < 1.29 is 38.6 Å². The number of esters is 1. The maximum absolute atomic E-state index is 14.6. The monoisotopic (exact) mass is 827 g/mol. The van der Waals surface area contributed by atoms with Gasteiger partial charge in [-0.25, -0.2) is 4.79 Å². The molecule has 0 unspecified atom stereocenters. The molecule has 4 rings (SSSR count). The van der Waals surface area contributed by atoms with Gasteiger partial charge in [-0.1, -0.05) is 67.0 Å². The third-order valence-corrected chi connectivity index (χ3v) is 13.7. The SMILES string of the molecule is CC[C@H](C)[C@@H]1C(=O)N2CCC[C@@H]2C(=O)O[C@H](C(C)(C)C)C[C@@H](C)C[C@@H](O)[C@H](C)C2=N[C@@H](CCC(=O)N[C@@H](Cc3ccc(OC)cc3)C(=O)N(C)[C@@H](C)C(=O)N1C)CS2. The molecule has 13 nitrogen and oxygen atoms in total. The summed E-state index contributed by atoms with van der Waals surface area (Å²) < 4.78 is 11.6. The highest BCUT2D eigenvalue weighted by molar-refractivity contribution is 8.14. The van der Waals surface area contributed by atoms with Crippen LogP contribution in [0.3, 0.4) is 0 Å². The zero-order valence-corrected chi connectivity index (χ0v) is 37.5. The van der Waals surface area contributed by atoms with E-state index in [0.717, 1.165) is 10.6 Å². The molecule has 3 aliphatic heterocycles. The number of nitrogens with zero attached hydrogens (tertiary/aromatic N) is 4. The van der Waals surface area contributed by atoms with Crippen LogP contribution in [0.2, 0.25) is 0 Å². The summed E-state index contributed by atoms with van der Waals surface area (Å²) in [5.41, 5.74) is 0.396. The van der Waals surface area contributed by atoms with E-state index in [-0.39, 0.29) is 48.5 Å². The summed E-state index contributed by atoms with van der Waals surface area (Å²) in [6.07, 6.45) is 2.36. The van der Waals surface area contributed by atoms with E-state index in [1.807, 2.05) is 53.7 Å². The van der Waals surface area contributed by atoms with Crippen molar-refractivity contribution in [2.24, 2.45) is 28.2 Å². The second-order valence-corrected chi connectivity index (χ2v) is 19.0. The number of likely N-dealkylation sites (N-methyl/N-ethyl adjacent to an activating group) is 2. The smallest absolute Gasteiger partial charge is 0.329 e. The van der Waals surface area contributed by atoms with Crippen molar-refractivity contribution in [2.45, 2.75) is 149 Å². The Morgan fingerprint density at radius 1 is 0.983 bits per heavy atom. The molecule has 1 aromatic rings. The third kappa shape index (κ3) is 11.8. The first kappa shape index (κ1) is 47.0. The largest absolute Gasteiger partial charge is 0.497 e. The second kappa shape index (κ2) is 20.5. The van der Waals surface area contributed by atoms with Gasteiger partial charge in [-0.05, 0) is 74.0 Å². The number of rotatable bonds is 5. The average molecular weight is 828 g/mol. The molecule has 0 spiro atoms. The lowest BCUT2D eigenvalue weighted by molar-refractivity contribution is -0.166. The van der Waals surface area contributed by atoms with E-state index < -0.39 is 59.6 Å². The number of methoxy groups -OCH3 is 1. The van der Waals surface area contributed by atoms with Gasteiger partial charge < -0.3 is 34.6 Å². The summed E-state index contributed by atoms with van der Waals surface area (Å²) in [6.45, 7) is 16.0. The van der Waals surface area contributed by atoms with Gasteiger partial charge in [-0.15, -0.1) is 11.8 Å². The number of carbonyl (C=O) groups is 5. The number of fused-ring (bicyclic) bond motifs is 2. The molecule has 4 amide bonds. The maximum Gasteiger partial charge on any atom is 0.329 e. The van der Waals surface area contributed by atoms with Crippen molar-refractivity contribution in [3.05, 3.63) is 29.8 Å². The molecule has 0 saturated carbocycles. The van der Waals surface area contributed by atoms with Gasteiger partial charge in [-0.2, -0.15) is 0 Å². The minimum absolute atomic E-state index is 0.0138. The van der Waals surface area contributed by atoms with Gasteiger partial charge in [0.25, 0.3) is 0 Å². The van der Waals surface area contributed by atoms with Crippen LogP contribution in [-0.2, 0) is 35.1 Å². The summed E-state index contributed by atoms with van der Waals surface area (Å²) in [4.78, 5) is 80.0. The molecule has 324 valence electrons. The molecule has 0 radical (unpaired) electrons. The van der Waals surface area contributed by atoms with Gasteiger partial charge in [-0.3, -0.25) is 24.2 Å². The number of cyclic esters (lactones) is 1. The Kier molecular flexibility index (Phi) is 16.7. The van der Waals surface area contributed by atoms with Crippen LogP contribution in [-0.4, -0.2) is 130 Å². The van der Waals surface area contributed by atoms with Gasteiger partial charge in [0.2, 0.25) is 23.6 Å². The van der Waals surface area contributed by atoms with Gasteiger partial charge in [0, 0.05) is 45.2 Å². The summed E-state index contributed by atoms with van der Waals surface area (Å²) in [7, 11) is 4.70. The molecule has 0 aromatic heterocycles. The zero-order chi connectivity index (χ0) is 43.1. The molecule has 14 heteroatoms. The van der Waals surface area contributed by atoms with Crippen molar-refractivity contribution in [3.63, 3.8) is 0 Å². The lowest BCUT2D eigenvalue weighted by atomic mass is 9.81. The first-order valence-electron chi connectivity index (χ1n) is 21.1. The number of benzene rings is 1. The maximum atomic E-state index is 14.6. The van der Waals surface area contributed by atoms with Crippen LogP contribution in [0.1, 0.15) is 106 Å². The van der Waals surface area contributed by atoms with E-state index in [2.05, 4.69) is 12.2 Å². The lowest BCUT2D eigenvalue weighted by Crippen LogP contribution is -2.59. The predicted molar refractivity (Wildman–Crippen MR) is 227 cm³/mol. The zero-order valence-electron chi connectivity index (χ0n) is 36.7. The number of aliphatic hydroxyl groups excluding tert-OH is 1. The van der Waals surface area contributed by atoms with E-state index in [1.54, 1.807) is 56.9 Å². The summed E-state index contributed by atoms with van der Waals surface area (Å²) >= 11 is 1.60. The standard InChI is InChI=1S/C44H69N5O8S/c1-12-27(3)38-42(54)49-21-13-14-34(49)43(55)57-36(44(6,7)8)23-26(2)22-35(50)28(4)39-45-31(25-58-39)17-20-37(51)46-33(24-30-15-18-32(56-11)19-16-30)41(53)47(9)29(5)40(52)48(38)10/h15-16,18-19,26-29,31,33-36,38,50H,12-14,17,20-25H2,1-11H3,(H,46,51)/t26-,27-,28-,29-,31-,33-,34+,35+,36-,38+/m0/s1. The van der Waals surface area contributed by atoms with E-state index in [9.17, 15) is 29.1 Å². The van der Waals surface area contributed by atoms with E-state index >= 15 is 0 Å². The van der Waals surface area contributed by atoms with Gasteiger partial charge in [0.05, 0.1) is 24.3 Å². The Labute approximate surface area is 350 Å². The number of nitrogens with one attached hydrogen (secondary N) is 1. The number of ether oxygens (including phenoxy) is 2. The van der Waals surface area contributed by atoms with Crippen molar-refractivity contribution in [1.82, 2.24) is 20.0 Å². The van der Waals surface area contributed by atoms with Crippen LogP contribution in [0.4, 0.5) is 0 Å². The normalized spacial score (nSPS) is 31.2. The average Bonchev–Trinajstić information content (AvgIpc) is 3.88. The van der Waals surface area contributed by atoms with Crippen LogP contribution in [0, 0.1) is 23.2 Å². The molecule has 58 heavy (non-hydrogen) atoms. The predicted octanol–water partition coefficient (Wildman–Crippen LogP) is 5.11. The number of thioether (sulfide) groups is 1. The number of aliphatic imine (C=N–C) groups is 1. The molecular formula is C44H69N5O8S. The summed E-state index contributed by atoms with van der Waals surface area (Å²) in [6, 6.07) is 3.51. The van der Waals surface area contributed by atoms with Crippen LogP contribution in [0.15, 0.2) is 29.3 Å². The van der Waals surface area contributed by atoms with E-state index in [0.29, 0.717) is 56.6 Å². The highest BCUT2D eigenvalue weighted by Gasteiger charge is 2.44. The number of hydrogen-bond donors (Lipinski definition) is 2. The van der Waals surface area contributed by atoms with Crippen LogP contribution < -0.4 is 10.1 Å². The molecule has 3 heterocycles. The van der Waals surface area contributed by atoms with Crippen molar-refractivity contribution >= 4 is 46.4 Å². The highest BCUT2D eigenvalue weighted by Crippen LogP contribution is 2.34. The van der Waals surface area contributed by atoms with E-state index in [4.69, 9.17) is 14.5 Å². The fourth-order valence-corrected chi connectivity index (χ4v) is 9.38. The van der Waals surface area contributed by atoms with Gasteiger partial charge in [0.1, 0.15) is 36.0 Å². The Hall–Kier alpha value is -3.65. The van der Waals surface area contributed by atoms with Crippen LogP contribution in [0.5, 0.6) is 5.75 Å². The van der Waals surface area contributed by atoms with E-state index in [1.165, 1.54) is 9.80 Å². The fraction of sp³-hybridized carbons (Fsp3) is 0.727. The minimum Gasteiger partial charge on any atom is -0.497 e. The molecule has 2 N–H and O–H groups in total. The van der Waals surface area contributed by atoms with Crippen molar-refractivity contribution in [3.8, 4) is 5.75 Å². The van der Waals surface area contributed by atoms with Crippen molar-refractivity contribution in [1.29, 1.82) is 0 Å². The Morgan fingerprint density at radius 3 is 2.28 bits per heavy atom. The quantitative estimate of drug-likeness (QED) is 0.385. The third-order valence-electron chi connectivity index (χ3n) is 12.4. The molecule has 10 atom stereocenters. The molecule has 2 bridgehead atoms. The lowest BCUT2D eigenvalue weighted by Gasteiger charge is -2.39. The molecule has 1 aromatic carbocycles. The first-order valence-corrected chi connectivity index (χ1v) is 22.1. The number of aliphatic hydroxyl groups is 1. The molecule has 1 saturated heterocycles. The molecular weight excluding hydrogens is 759 g/mol. The van der Waals surface area contributed by atoms with Crippen LogP contribution in [0.25, 0.3) is 0 Å². The summed E-state index contributed by atoms with van der Waals surface area (Å²) in [5.74, 6) is -1.06. The first-order chi connectivity index (χ1) is 27.3. The van der Waals surface area contributed by atoms with Crippen molar-refractivity contribution in [2.75, 3.05) is 33.5 Å². The van der Waals surface area contributed by atoms with Crippen LogP contribution >= 0.6 is 11.8 Å². The Bertz CT molecular complexity index is 1630. The number of amides is 4. The highest BCUT2D eigenvalue weighted by atomic mass is 32.2. The summed E-state index contributed by atoms with van der Waals surface area (Å²) in [5, 5.41) is 15.2. The minimum atomic E-state index is -0.976. The molecule has 3 aliphatic rings. The Morgan fingerprint density at radius 2 is 1.66 bits per heavy atom. The number of hydrogen-bond acceptors (Lipinski definition) is 10. The Balaban J connectivity index is 1.69. The number of carbonyl (C=O) groups excluding carboxylic acids is 5. The fourth-order valence-electron chi connectivity index (χ4n) is 8.13. The molecule has 1 fully saturated rings. The van der Waals surface area contributed by atoms with Gasteiger partial charge in [0.15, 0.2) is 0 Å². The second-order valence-electron chi connectivity index (χ2n) is 18.0. The van der Waals surface area contributed by atoms with Gasteiger partial charge >= 0.3 is 5.97 Å². The molecule has 0 aliphatic carbocycles.